The molecule has 116 valence electrons. The van der Waals surface area contributed by atoms with Crippen LogP contribution in [0.3, 0.4) is 0 Å². The maximum absolute atomic E-state index is 4.58. The van der Waals surface area contributed by atoms with Crippen LogP contribution in [0.4, 0.5) is 0 Å². The summed E-state index contributed by atoms with van der Waals surface area (Å²) in [5, 5.41) is 8.94. The fraction of sp³-hybridized carbons (Fsp3) is 0.294. The van der Waals surface area contributed by atoms with E-state index in [2.05, 4.69) is 25.1 Å². The Morgan fingerprint density at radius 3 is 2.87 bits per heavy atom. The van der Waals surface area contributed by atoms with Crippen molar-refractivity contribution in [1.29, 1.82) is 0 Å². The molecule has 23 heavy (non-hydrogen) atoms. The molecule has 0 saturated carbocycles. The van der Waals surface area contributed by atoms with Gasteiger partial charge in [-0.25, -0.2) is 9.97 Å². The maximum atomic E-state index is 4.58. The molecule has 1 aromatic carbocycles. The van der Waals surface area contributed by atoms with Gasteiger partial charge in [0.2, 0.25) is 0 Å². The number of aryl methyl sites for hydroxylation is 1. The number of para-hydroxylation sites is 1. The fourth-order valence-electron chi connectivity index (χ4n) is 2.89. The van der Waals surface area contributed by atoms with Crippen molar-refractivity contribution in [2.75, 3.05) is 6.54 Å². The number of fused-ring (bicyclic) bond motifs is 1. The maximum Gasteiger partial charge on any atom is 0.125 e. The number of rotatable bonds is 3. The molecular formula is C17H18N6. The van der Waals surface area contributed by atoms with Gasteiger partial charge in [0.15, 0.2) is 0 Å². The van der Waals surface area contributed by atoms with Gasteiger partial charge >= 0.3 is 0 Å². The lowest BCUT2D eigenvalue weighted by atomic mass is 10.1. The summed E-state index contributed by atoms with van der Waals surface area (Å²) >= 11 is 0. The molecule has 6 heteroatoms. The Balaban J connectivity index is 1.47. The molecular weight excluding hydrogens is 288 g/mol. The molecule has 0 amide bonds. The van der Waals surface area contributed by atoms with Crippen molar-refractivity contribution in [2.24, 2.45) is 0 Å². The van der Waals surface area contributed by atoms with Crippen molar-refractivity contribution in [3.05, 3.63) is 65.5 Å². The lowest BCUT2D eigenvalue weighted by Crippen LogP contribution is -2.31. The van der Waals surface area contributed by atoms with Crippen LogP contribution in [0.2, 0.25) is 0 Å². The first-order chi connectivity index (χ1) is 11.3. The van der Waals surface area contributed by atoms with Gasteiger partial charge in [-0.1, -0.05) is 18.2 Å². The first-order valence-corrected chi connectivity index (χ1v) is 7.78. The summed E-state index contributed by atoms with van der Waals surface area (Å²) in [6, 6.07) is 9.97. The molecule has 0 atom stereocenters. The largest absolute Gasteiger partial charge is 0.293 e. The highest BCUT2D eigenvalue weighted by atomic mass is 15.5. The third kappa shape index (κ3) is 2.98. The quantitative estimate of drug-likeness (QED) is 0.740. The molecule has 0 aliphatic carbocycles. The molecule has 1 aliphatic rings. The third-order valence-corrected chi connectivity index (χ3v) is 4.05. The number of aromatic nitrogens is 5. The van der Waals surface area contributed by atoms with Gasteiger partial charge < -0.3 is 0 Å². The Morgan fingerprint density at radius 1 is 1.13 bits per heavy atom. The monoisotopic (exact) mass is 306 g/mol. The van der Waals surface area contributed by atoms with Gasteiger partial charge in [0.05, 0.1) is 17.6 Å². The second-order valence-corrected chi connectivity index (χ2v) is 5.81. The Morgan fingerprint density at radius 2 is 2.00 bits per heavy atom. The summed E-state index contributed by atoms with van der Waals surface area (Å²) in [4.78, 5) is 12.9. The fourth-order valence-corrected chi connectivity index (χ4v) is 2.89. The summed E-state index contributed by atoms with van der Waals surface area (Å²) in [6.45, 7) is 4.59. The van der Waals surface area contributed by atoms with Gasteiger partial charge in [-0.2, -0.15) is 15.0 Å². The second kappa shape index (κ2) is 5.89. The average Bonchev–Trinajstić information content (AvgIpc) is 3.04. The molecule has 4 rings (SSSR count). The van der Waals surface area contributed by atoms with E-state index in [4.69, 9.17) is 0 Å². The molecule has 6 nitrogen and oxygen atoms in total. The van der Waals surface area contributed by atoms with Crippen LogP contribution in [-0.4, -0.2) is 36.4 Å². The van der Waals surface area contributed by atoms with Crippen molar-refractivity contribution in [3.63, 3.8) is 0 Å². The summed E-state index contributed by atoms with van der Waals surface area (Å²) in [7, 11) is 0. The van der Waals surface area contributed by atoms with E-state index in [0.717, 1.165) is 43.3 Å². The zero-order valence-electron chi connectivity index (χ0n) is 13.1. The van der Waals surface area contributed by atoms with Crippen molar-refractivity contribution in [2.45, 2.75) is 26.4 Å². The lowest BCUT2D eigenvalue weighted by Gasteiger charge is -2.27. The predicted octanol–water partition coefficient (Wildman–Crippen LogP) is 1.92. The molecule has 0 radical (unpaired) electrons. The highest BCUT2D eigenvalue weighted by Crippen LogP contribution is 2.18. The first kappa shape index (κ1) is 14.0. The van der Waals surface area contributed by atoms with Crippen LogP contribution in [0, 0.1) is 6.92 Å². The molecule has 3 heterocycles. The zero-order chi connectivity index (χ0) is 15.6. The van der Waals surface area contributed by atoms with Crippen molar-refractivity contribution >= 4 is 0 Å². The highest BCUT2D eigenvalue weighted by molar-refractivity contribution is 5.28. The van der Waals surface area contributed by atoms with Gasteiger partial charge in [0.25, 0.3) is 0 Å². The van der Waals surface area contributed by atoms with Crippen molar-refractivity contribution in [1.82, 2.24) is 29.9 Å². The second-order valence-electron chi connectivity index (χ2n) is 5.81. The van der Waals surface area contributed by atoms with E-state index < -0.39 is 0 Å². The molecule has 0 spiro atoms. The van der Waals surface area contributed by atoms with E-state index in [9.17, 15) is 0 Å². The van der Waals surface area contributed by atoms with E-state index in [1.54, 1.807) is 4.80 Å². The standard InChI is InChI=1S/C17H18N6/c1-13-18-9-14-11-22(8-7-17(14)20-13)12-15-10-19-23(21-15)16-5-3-2-4-6-16/h2-6,9-10H,7-8,11-12H2,1H3. The number of hydrogen-bond acceptors (Lipinski definition) is 5. The van der Waals surface area contributed by atoms with E-state index in [0.29, 0.717) is 0 Å². The molecule has 0 N–H and O–H groups in total. The van der Waals surface area contributed by atoms with Gasteiger partial charge in [-0.3, -0.25) is 4.90 Å². The van der Waals surface area contributed by atoms with Crippen LogP contribution < -0.4 is 0 Å². The zero-order valence-corrected chi connectivity index (χ0v) is 13.1. The molecule has 3 aromatic rings. The Hall–Kier alpha value is -2.60. The minimum atomic E-state index is 0.792. The van der Waals surface area contributed by atoms with Gasteiger partial charge in [-0.15, -0.1) is 0 Å². The minimum absolute atomic E-state index is 0.792. The molecule has 0 saturated heterocycles. The van der Waals surface area contributed by atoms with Gasteiger partial charge in [0.1, 0.15) is 5.82 Å². The summed E-state index contributed by atoms with van der Waals surface area (Å²) < 4.78 is 0. The number of nitrogens with zero attached hydrogens (tertiary/aromatic N) is 6. The van der Waals surface area contributed by atoms with Gasteiger partial charge in [0, 0.05) is 43.5 Å². The lowest BCUT2D eigenvalue weighted by molar-refractivity contribution is 0.239. The van der Waals surface area contributed by atoms with Crippen LogP contribution in [0.25, 0.3) is 5.69 Å². The van der Waals surface area contributed by atoms with E-state index >= 15 is 0 Å². The molecule has 0 bridgehead atoms. The highest BCUT2D eigenvalue weighted by Gasteiger charge is 2.19. The SMILES string of the molecule is Cc1ncc2c(n1)CCN(Cc1cnn(-c3ccccc3)n1)C2. The first-order valence-electron chi connectivity index (χ1n) is 7.78. The van der Waals surface area contributed by atoms with E-state index in [1.165, 1.54) is 11.3 Å². The molecule has 0 fully saturated rings. The number of benzene rings is 1. The summed E-state index contributed by atoms with van der Waals surface area (Å²) in [5.41, 5.74) is 4.36. The van der Waals surface area contributed by atoms with Crippen molar-refractivity contribution < 1.29 is 0 Å². The van der Waals surface area contributed by atoms with E-state index in [1.807, 2.05) is 49.6 Å². The van der Waals surface area contributed by atoms with Crippen LogP contribution in [0.1, 0.15) is 22.8 Å². The Kier molecular flexibility index (Phi) is 3.59. The molecule has 2 aromatic heterocycles. The van der Waals surface area contributed by atoms with Crippen LogP contribution in [0.5, 0.6) is 0 Å². The third-order valence-electron chi connectivity index (χ3n) is 4.05. The predicted molar refractivity (Wildman–Crippen MR) is 85.9 cm³/mol. The minimum Gasteiger partial charge on any atom is -0.293 e. The smallest absolute Gasteiger partial charge is 0.125 e. The van der Waals surface area contributed by atoms with Gasteiger partial charge in [-0.05, 0) is 19.1 Å². The Bertz CT molecular complexity index is 811. The molecule has 0 unspecified atom stereocenters. The number of hydrogen-bond donors (Lipinski definition) is 0. The van der Waals surface area contributed by atoms with Crippen LogP contribution in [0.15, 0.2) is 42.7 Å². The topological polar surface area (TPSA) is 59.7 Å². The average molecular weight is 306 g/mol. The normalized spacial score (nSPS) is 14.7. The van der Waals surface area contributed by atoms with Crippen LogP contribution >= 0.6 is 0 Å². The van der Waals surface area contributed by atoms with Crippen molar-refractivity contribution in [3.8, 4) is 5.69 Å². The van der Waals surface area contributed by atoms with E-state index in [-0.39, 0.29) is 0 Å². The van der Waals surface area contributed by atoms with Crippen LogP contribution in [-0.2, 0) is 19.5 Å². The summed E-state index contributed by atoms with van der Waals surface area (Å²) in [5.74, 6) is 0.850. The Labute approximate surface area is 134 Å². The molecule has 1 aliphatic heterocycles. The summed E-state index contributed by atoms with van der Waals surface area (Å²) in [6.07, 6.45) is 4.75.